The molecule has 0 saturated carbocycles. The first-order valence-electron chi connectivity index (χ1n) is 9.00. The third-order valence-corrected chi connectivity index (χ3v) is 4.43. The van der Waals surface area contributed by atoms with Gasteiger partial charge in [-0.15, -0.1) is 24.0 Å². The summed E-state index contributed by atoms with van der Waals surface area (Å²) in [5.74, 6) is 1.80. The van der Waals surface area contributed by atoms with Crippen molar-refractivity contribution < 1.29 is 4.74 Å². The Morgan fingerprint density at radius 1 is 1.23 bits per heavy atom. The molecule has 0 amide bonds. The third-order valence-electron chi connectivity index (χ3n) is 4.43. The van der Waals surface area contributed by atoms with E-state index in [4.69, 9.17) is 9.73 Å². The van der Waals surface area contributed by atoms with Crippen molar-refractivity contribution >= 4 is 41.0 Å². The molecule has 3 rings (SSSR count). The monoisotopic (exact) mass is 472 g/mol. The molecular weight excluding hydrogens is 443 g/mol. The number of benzene rings is 1. The summed E-state index contributed by atoms with van der Waals surface area (Å²) in [5, 5.41) is 6.71. The Labute approximate surface area is 172 Å². The summed E-state index contributed by atoms with van der Waals surface area (Å²) in [6, 6.07) is 8.17. The predicted molar refractivity (Wildman–Crippen MR) is 116 cm³/mol. The molecular formula is C18H29IN6O. The molecule has 0 spiro atoms. The number of aryl methyl sites for hydroxylation is 1. The molecule has 1 aromatic heterocycles. The number of para-hydroxylation sites is 2. The summed E-state index contributed by atoms with van der Waals surface area (Å²) >= 11 is 0. The van der Waals surface area contributed by atoms with Gasteiger partial charge < -0.3 is 19.9 Å². The number of morpholine rings is 1. The van der Waals surface area contributed by atoms with Crippen molar-refractivity contribution in [2.45, 2.75) is 13.5 Å². The lowest BCUT2D eigenvalue weighted by Crippen LogP contribution is -2.44. The van der Waals surface area contributed by atoms with Crippen molar-refractivity contribution in [3.8, 4) is 0 Å². The second-order valence-corrected chi connectivity index (χ2v) is 6.15. The van der Waals surface area contributed by atoms with Gasteiger partial charge in [-0.25, -0.2) is 9.98 Å². The standard InChI is InChI=1S/C18H28N6O.HI/c1-3-19-18(20-8-9-24-10-12-25-13-11-24)21-14-17-22-15-6-4-5-7-16(15)23(17)2;/h4-7H,3,8-14H2,1-2H3,(H2,19,20,21);1H. The molecule has 2 heterocycles. The van der Waals surface area contributed by atoms with Gasteiger partial charge in [-0.05, 0) is 19.1 Å². The molecule has 1 fully saturated rings. The van der Waals surface area contributed by atoms with Gasteiger partial charge in [0.25, 0.3) is 0 Å². The van der Waals surface area contributed by atoms with E-state index in [1.54, 1.807) is 0 Å². The SMILES string of the molecule is CCNC(=NCc1nc2ccccc2n1C)NCCN1CCOCC1.I. The molecule has 1 aliphatic rings. The van der Waals surface area contributed by atoms with Crippen molar-refractivity contribution in [1.82, 2.24) is 25.1 Å². The topological polar surface area (TPSA) is 66.7 Å². The lowest BCUT2D eigenvalue weighted by atomic mass is 10.3. The van der Waals surface area contributed by atoms with Crippen LogP contribution >= 0.6 is 24.0 Å². The van der Waals surface area contributed by atoms with Crippen LogP contribution in [0.2, 0.25) is 0 Å². The van der Waals surface area contributed by atoms with Crippen LogP contribution in [0.25, 0.3) is 11.0 Å². The van der Waals surface area contributed by atoms with Gasteiger partial charge in [-0.1, -0.05) is 12.1 Å². The number of guanidine groups is 1. The fourth-order valence-corrected chi connectivity index (χ4v) is 2.99. The van der Waals surface area contributed by atoms with Crippen molar-refractivity contribution in [2.75, 3.05) is 45.9 Å². The lowest BCUT2D eigenvalue weighted by molar-refractivity contribution is 0.0389. The van der Waals surface area contributed by atoms with Crippen LogP contribution in [0.4, 0.5) is 0 Å². The molecule has 0 atom stereocenters. The van der Waals surface area contributed by atoms with Crippen LogP contribution in [0.15, 0.2) is 29.3 Å². The van der Waals surface area contributed by atoms with E-state index in [1.807, 2.05) is 25.2 Å². The minimum atomic E-state index is 0. The van der Waals surface area contributed by atoms with Crippen LogP contribution in [0.5, 0.6) is 0 Å². The van der Waals surface area contributed by atoms with Crippen molar-refractivity contribution in [3.63, 3.8) is 0 Å². The number of halogens is 1. The maximum Gasteiger partial charge on any atom is 0.191 e. The fourth-order valence-electron chi connectivity index (χ4n) is 2.99. The van der Waals surface area contributed by atoms with Crippen LogP contribution in [0.3, 0.4) is 0 Å². The highest BCUT2D eigenvalue weighted by Crippen LogP contribution is 2.14. The molecule has 1 aliphatic heterocycles. The highest BCUT2D eigenvalue weighted by Gasteiger charge is 2.10. The smallest absolute Gasteiger partial charge is 0.191 e. The normalized spacial score (nSPS) is 15.7. The Morgan fingerprint density at radius 3 is 2.73 bits per heavy atom. The summed E-state index contributed by atoms with van der Waals surface area (Å²) in [4.78, 5) is 11.8. The maximum absolute atomic E-state index is 5.38. The molecule has 2 N–H and O–H groups in total. The maximum atomic E-state index is 5.38. The lowest BCUT2D eigenvalue weighted by Gasteiger charge is -2.26. The molecule has 1 aromatic carbocycles. The third kappa shape index (κ3) is 5.55. The quantitative estimate of drug-likeness (QED) is 0.380. The highest BCUT2D eigenvalue weighted by atomic mass is 127. The summed E-state index contributed by atoms with van der Waals surface area (Å²) < 4.78 is 7.49. The molecule has 2 aromatic rings. The van der Waals surface area contributed by atoms with E-state index >= 15 is 0 Å². The number of hydrogen-bond donors (Lipinski definition) is 2. The second kappa shape index (κ2) is 10.7. The van der Waals surface area contributed by atoms with Crippen LogP contribution in [0, 0.1) is 0 Å². The van der Waals surface area contributed by atoms with Crippen molar-refractivity contribution in [1.29, 1.82) is 0 Å². The number of aliphatic imine (C=N–C) groups is 1. The number of imidazole rings is 1. The van der Waals surface area contributed by atoms with Gasteiger partial charge in [0.1, 0.15) is 12.4 Å². The first-order chi connectivity index (χ1) is 12.3. The average Bonchev–Trinajstić information content (AvgIpc) is 2.97. The molecule has 1 saturated heterocycles. The largest absolute Gasteiger partial charge is 0.379 e. The molecule has 7 nitrogen and oxygen atoms in total. The van der Waals surface area contributed by atoms with Gasteiger partial charge in [-0.2, -0.15) is 0 Å². The molecule has 0 aliphatic carbocycles. The van der Waals surface area contributed by atoms with E-state index < -0.39 is 0 Å². The number of hydrogen-bond acceptors (Lipinski definition) is 4. The Morgan fingerprint density at radius 2 is 2.00 bits per heavy atom. The van der Waals surface area contributed by atoms with Gasteiger partial charge in [-0.3, -0.25) is 4.90 Å². The van der Waals surface area contributed by atoms with E-state index in [0.29, 0.717) is 6.54 Å². The minimum Gasteiger partial charge on any atom is -0.379 e. The summed E-state index contributed by atoms with van der Waals surface area (Å²) in [6.45, 7) is 9.03. The van der Waals surface area contributed by atoms with E-state index in [-0.39, 0.29) is 24.0 Å². The van der Waals surface area contributed by atoms with E-state index in [0.717, 1.165) is 68.8 Å². The van der Waals surface area contributed by atoms with Crippen LogP contribution in [0.1, 0.15) is 12.7 Å². The van der Waals surface area contributed by atoms with Crippen molar-refractivity contribution in [2.24, 2.45) is 12.0 Å². The van der Waals surface area contributed by atoms with Gasteiger partial charge in [0.05, 0.1) is 24.2 Å². The Bertz CT molecular complexity index is 711. The Kier molecular flexibility index (Phi) is 8.60. The fraction of sp³-hybridized carbons (Fsp3) is 0.556. The van der Waals surface area contributed by atoms with E-state index in [9.17, 15) is 0 Å². The minimum absolute atomic E-state index is 0. The molecule has 0 radical (unpaired) electrons. The Balaban J connectivity index is 0.00000243. The highest BCUT2D eigenvalue weighted by molar-refractivity contribution is 14.0. The van der Waals surface area contributed by atoms with E-state index in [2.05, 4.69) is 38.1 Å². The number of fused-ring (bicyclic) bond motifs is 1. The predicted octanol–water partition coefficient (Wildman–Crippen LogP) is 1.58. The van der Waals surface area contributed by atoms with Crippen LogP contribution in [-0.2, 0) is 18.3 Å². The first kappa shape index (κ1) is 20.9. The number of nitrogens with zero attached hydrogens (tertiary/aromatic N) is 4. The molecule has 0 unspecified atom stereocenters. The summed E-state index contributed by atoms with van der Waals surface area (Å²) in [6.07, 6.45) is 0. The number of nitrogens with one attached hydrogen (secondary N) is 2. The average molecular weight is 472 g/mol. The number of rotatable bonds is 6. The second-order valence-electron chi connectivity index (χ2n) is 6.15. The van der Waals surface area contributed by atoms with Crippen molar-refractivity contribution in [3.05, 3.63) is 30.1 Å². The van der Waals surface area contributed by atoms with Gasteiger partial charge in [0, 0.05) is 39.8 Å². The summed E-state index contributed by atoms with van der Waals surface area (Å²) in [7, 11) is 2.04. The molecule has 144 valence electrons. The van der Waals surface area contributed by atoms with Gasteiger partial charge >= 0.3 is 0 Å². The molecule has 8 heteroatoms. The Hall–Kier alpha value is -1.39. The van der Waals surface area contributed by atoms with Gasteiger partial charge in [0.15, 0.2) is 5.96 Å². The van der Waals surface area contributed by atoms with Crippen LogP contribution < -0.4 is 10.6 Å². The number of ether oxygens (including phenoxy) is 1. The zero-order chi connectivity index (χ0) is 17.5. The zero-order valence-corrected chi connectivity index (χ0v) is 17.9. The van der Waals surface area contributed by atoms with Gasteiger partial charge in [0.2, 0.25) is 0 Å². The van der Waals surface area contributed by atoms with E-state index in [1.165, 1.54) is 0 Å². The first-order valence-corrected chi connectivity index (χ1v) is 9.00. The molecule has 26 heavy (non-hydrogen) atoms. The summed E-state index contributed by atoms with van der Waals surface area (Å²) in [5.41, 5.74) is 2.15. The van der Waals surface area contributed by atoms with Crippen LogP contribution in [-0.4, -0.2) is 66.3 Å². The zero-order valence-electron chi connectivity index (χ0n) is 15.6. The molecule has 0 bridgehead atoms. The number of aromatic nitrogens is 2.